The van der Waals surface area contributed by atoms with Gasteiger partial charge in [-0.15, -0.1) is 0 Å². The van der Waals surface area contributed by atoms with E-state index in [2.05, 4.69) is 33.0 Å². The predicted octanol–water partition coefficient (Wildman–Crippen LogP) is 3.43. The van der Waals surface area contributed by atoms with Crippen molar-refractivity contribution in [1.82, 2.24) is 10.2 Å². The lowest BCUT2D eigenvalue weighted by Crippen LogP contribution is -2.39. The van der Waals surface area contributed by atoms with E-state index < -0.39 is 0 Å². The fourth-order valence-electron chi connectivity index (χ4n) is 3.17. The molecule has 6 heteroatoms. The van der Waals surface area contributed by atoms with Crippen molar-refractivity contribution in [3.8, 4) is 0 Å². The molecule has 0 spiro atoms. The van der Waals surface area contributed by atoms with Crippen LogP contribution in [-0.4, -0.2) is 36.0 Å². The second kappa shape index (κ2) is 9.19. The van der Waals surface area contributed by atoms with E-state index in [0.29, 0.717) is 12.1 Å². The zero-order valence-electron chi connectivity index (χ0n) is 15.6. The van der Waals surface area contributed by atoms with Gasteiger partial charge in [-0.1, -0.05) is 37.3 Å². The molecule has 1 atom stereocenters. The summed E-state index contributed by atoms with van der Waals surface area (Å²) < 4.78 is 0. The maximum absolute atomic E-state index is 12.2. The number of urea groups is 1. The molecule has 3 amide bonds. The molecule has 0 saturated carbocycles. The first-order chi connectivity index (χ1) is 13.1. The van der Waals surface area contributed by atoms with Crippen molar-refractivity contribution in [2.45, 2.75) is 32.4 Å². The molecule has 1 heterocycles. The highest BCUT2D eigenvalue weighted by Gasteiger charge is 2.23. The molecular formula is C21H26N4O2. The first kappa shape index (κ1) is 18.9. The molecule has 1 fully saturated rings. The minimum Gasteiger partial charge on any atom is -0.334 e. The predicted molar refractivity (Wildman–Crippen MR) is 108 cm³/mol. The summed E-state index contributed by atoms with van der Waals surface area (Å²) in [5.41, 5.74) is 2.71. The molecule has 6 nitrogen and oxygen atoms in total. The zero-order chi connectivity index (χ0) is 19.1. The van der Waals surface area contributed by atoms with E-state index >= 15 is 0 Å². The van der Waals surface area contributed by atoms with E-state index in [1.165, 1.54) is 5.56 Å². The lowest BCUT2D eigenvalue weighted by atomic mass is 10.2. The van der Waals surface area contributed by atoms with Crippen LogP contribution >= 0.6 is 0 Å². The number of likely N-dealkylation sites (tertiary alicyclic amines) is 1. The largest absolute Gasteiger partial charge is 0.334 e. The van der Waals surface area contributed by atoms with Crippen molar-refractivity contribution in [1.29, 1.82) is 0 Å². The lowest BCUT2D eigenvalue weighted by molar-refractivity contribution is -0.115. The number of anilines is 2. The Morgan fingerprint density at radius 1 is 1.00 bits per heavy atom. The Kier molecular flexibility index (Phi) is 6.44. The molecule has 2 aromatic carbocycles. The Bertz CT molecular complexity index is 762. The molecule has 1 unspecified atom stereocenters. The summed E-state index contributed by atoms with van der Waals surface area (Å²) in [6.07, 6.45) is 1.38. The molecule has 2 aromatic rings. The van der Waals surface area contributed by atoms with Crippen molar-refractivity contribution in [2.75, 3.05) is 23.7 Å². The van der Waals surface area contributed by atoms with Crippen molar-refractivity contribution in [3.63, 3.8) is 0 Å². The molecule has 3 rings (SSSR count). The number of hydrogen-bond acceptors (Lipinski definition) is 3. The van der Waals surface area contributed by atoms with E-state index in [1.807, 2.05) is 18.2 Å². The van der Waals surface area contributed by atoms with Crippen LogP contribution in [0.3, 0.4) is 0 Å². The van der Waals surface area contributed by atoms with Gasteiger partial charge in [-0.2, -0.15) is 0 Å². The van der Waals surface area contributed by atoms with Gasteiger partial charge in [0, 0.05) is 43.5 Å². The van der Waals surface area contributed by atoms with Crippen LogP contribution in [0, 0.1) is 0 Å². The molecule has 1 aliphatic heterocycles. The quantitative estimate of drug-likeness (QED) is 0.733. The molecule has 27 heavy (non-hydrogen) atoms. The minimum absolute atomic E-state index is 0.0326. The van der Waals surface area contributed by atoms with Gasteiger partial charge in [0.15, 0.2) is 0 Å². The summed E-state index contributed by atoms with van der Waals surface area (Å²) in [4.78, 5) is 26.0. The number of hydrogen-bond donors (Lipinski definition) is 3. The second-order valence-electron chi connectivity index (χ2n) is 6.78. The Balaban J connectivity index is 1.43. The number of nitrogens with one attached hydrogen (secondary N) is 3. The number of benzene rings is 2. The maximum Gasteiger partial charge on any atom is 0.319 e. The number of amides is 3. The smallest absolute Gasteiger partial charge is 0.319 e. The summed E-state index contributed by atoms with van der Waals surface area (Å²) in [6, 6.07) is 17.4. The molecule has 1 saturated heterocycles. The van der Waals surface area contributed by atoms with Gasteiger partial charge in [0.25, 0.3) is 0 Å². The fourth-order valence-corrected chi connectivity index (χ4v) is 3.17. The van der Waals surface area contributed by atoms with Crippen molar-refractivity contribution in [3.05, 3.63) is 60.2 Å². The normalized spacial score (nSPS) is 16.7. The van der Waals surface area contributed by atoms with Crippen LogP contribution in [0.15, 0.2) is 54.6 Å². The molecule has 3 N–H and O–H groups in total. The molecule has 1 aliphatic rings. The summed E-state index contributed by atoms with van der Waals surface area (Å²) in [5.74, 6) is -0.0326. The standard InChI is InChI=1S/C21H26N4O2/c1-2-20(26)22-17-8-10-18(11-9-17)23-21(27)24-19-12-13-25(15-19)14-16-6-4-3-5-7-16/h3-11,19H,2,12-15H2,1H3,(H,22,26)(H2,23,24,27). The topological polar surface area (TPSA) is 73.5 Å². The van der Waals surface area contributed by atoms with Gasteiger partial charge < -0.3 is 16.0 Å². The summed E-state index contributed by atoms with van der Waals surface area (Å²) in [6.45, 7) is 4.54. The van der Waals surface area contributed by atoms with Crippen molar-refractivity contribution in [2.24, 2.45) is 0 Å². The van der Waals surface area contributed by atoms with Gasteiger partial charge in [-0.3, -0.25) is 9.69 Å². The first-order valence-corrected chi connectivity index (χ1v) is 9.36. The van der Waals surface area contributed by atoms with Gasteiger partial charge in [0.2, 0.25) is 5.91 Å². The third-order valence-corrected chi connectivity index (χ3v) is 4.60. The Morgan fingerprint density at radius 3 is 2.33 bits per heavy atom. The van der Waals surface area contributed by atoms with Gasteiger partial charge in [0.1, 0.15) is 0 Å². The molecule has 0 aromatic heterocycles. The SMILES string of the molecule is CCC(=O)Nc1ccc(NC(=O)NC2CCN(Cc3ccccc3)C2)cc1. The monoisotopic (exact) mass is 366 g/mol. The average molecular weight is 366 g/mol. The van der Waals surface area contributed by atoms with Crippen LogP contribution in [0.5, 0.6) is 0 Å². The van der Waals surface area contributed by atoms with Crippen LogP contribution in [-0.2, 0) is 11.3 Å². The number of carbonyl (C=O) groups excluding carboxylic acids is 2. The minimum atomic E-state index is -0.202. The molecular weight excluding hydrogens is 340 g/mol. The van der Waals surface area contributed by atoms with Crippen molar-refractivity contribution < 1.29 is 9.59 Å². The van der Waals surface area contributed by atoms with Gasteiger partial charge in [-0.05, 0) is 36.2 Å². The zero-order valence-corrected chi connectivity index (χ0v) is 15.6. The summed E-state index contributed by atoms with van der Waals surface area (Å²) in [7, 11) is 0. The number of nitrogens with zero attached hydrogens (tertiary/aromatic N) is 1. The van der Waals surface area contributed by atoms with Crippen LogP contribution < -0.4 is 16.0 Å². The van der Waals surface area contributed by atoms with E-state index in [-0.39, 0.29) is 18.0 Å². The third-order valence-electron chi connectivity index (χ3n) is 4.60. The van der Waals surface area contributed by atoms with E-state index in [0.717, 1.165) is 31.7 Å². The highest BCUT2D eigenvalue weighted by atomic mass is 16.2. The first-order valence-electron chi connectivity index (χ1n) is 9.36. The van der Waals surface area contributed by atoms with E-state index in [1.54, 1.807) is 31.2 Å². The summed E-state index contributed by atoms with van der Waals surface area (Å²) in [5, 5.41) is 8.67. The van der Waals surface area contributed by atoms with Crippen molar-refractivity contribution >= 4 is 23.3 Å². The Hall–Kier alpha value is -2.86. The number of carbonyl (C=O) groups is 2. The van der Waals surface area contributed by atoms with E-state index in [9.17, 15) is 9.59 Å². The molecule has 0 aliphatic carbocycles. The van der Waals surface area contributed by atoms with Gasteiger partial charge in [0.05, 0.1) is 0 Å². The van der Waals surface area contributed by atoms with Gasteiger partial charge in [-0.25, -0.2) is 4.79 Å². The highest BCUT2D eigenvalue weighted by Crippen LogP contribution is 2.15. The lowest BCUT2D eigenvalue weighted by Gasteiger charge is -2.17. The number of rotatable bonds is 6. The third kappa shape index (κ3) is 5.82. The van der Waals surface area contributed by atoms with Crippen LogP contribution in [0.1, 0.15) is 25.3 Å². The van der Waals surface area contributed by atoms with Crippen LogP contribution in [0.25, 0.3) is 0 Å². The molecule has 142 valence electrons. The molecule has 0 bridgehead atoms. The highest BCUT2D eigenvalue weighted by molar-refractivity contribution is 5.92. The fraction of sp³-hybridized carbons (Fsp3) is 0.333. The maximum atomic E-state index is 12.2. The Labute approximate surface area is 159 Å². The van der Waals surface area contributed by atoms with Crippen LogP contribution in [0.4, 0.5) is 16.2 Å². The van der Waals surface area contributed by atoms with Gasteiger partial charge >= 0.3 is 6.03 Å². The summed E-state index contributed by atoms with van der Waals surface area (Å²) >= 11 is 0. The van der Waals surface area contributed by atoms with E-state index in [4.69, 9.17) is 0 Å². The van der Waals surface area contributed by atoms with Crippen LogP contribution in [0.2, 0.25) is 0 Å². The average Bonchev–Trinajstić information content (AvgIpc) is 3.10. The second-order valence-corrected chi connectivity index (χ2v) is 6.78. The molecule has 0 radical (unpaired) electrons. The Morgan fingerprint density at radius 2 is 1.67 bits per heavy atom.